The van der Waals surface area contributed by atoms with Crippen molar-refractivity contribution in [1.82, 2.24) is 4.98 Å². The smallest absolute Gasteiger partial charge is 0.0820 e. The summed E-state index contributed by atoms with van der Waals surface area (Å²) in [6.45, 7) is 0. The van der Waals surface area contributed by atoms with E-state index in [1.165, 1.54) is 0 Å². The van der Waals surface area contributed by atoms with E-state index in [1.807, 2.05) is 6.07 Å². The standard InChI is InChI=1S/C11H15ClN2O/c12-8-7-13-6-5-9(8)14-10-3-1-2-4-11(10)15/h5-7,10-11,15H,1-4H2,(H,13,14). The SMILES string of the molecule is OC1CCCCC1Nc1ccncc1Cl. The molecule has 0 aliphatic heterocycles. The normalized spacial score (nSPS) is 26.3. The van der Waals surface area contributed by atoms with Crippen LogP contribution in [0.3, 0.4) is 0 Å². The van der Waals surface area contributed by atoms with Crippen molar-refractivity contribution in [3.63, 3.8) is 0 Å². The molecule has 2 atom stereocenters. The van der Waals surface area contributed by atoms with Gasteiger partial charge in [-0.2, -0.15) is 0 Å². The van der Waals surface area contributed by atoms with Crippen molar-refractivity contribution in [2.24, 2.45) is 0 Å². The van der Waals surface area contributed by atoms with Crippen LogP contribution in [0.4, 0.5) is 5.69 Å². The molecule has 0 aromatic carbocycles. The van der Waals surface area contributed by atoms with Gasteiger partial charge in [0.2, 0.25) is 0 Å². The molecule has 3 nitrogen and oxygen atoms in total. The van der Waals surface area contributed by atoms with E-state index in [-0.39, 0.29) is 12.1 Å². The number of rotatable bonds is 2. The molecule has 4 heteroatoms. The third-order valence-corrected chi connectivity index (χ3v) is 3.14. The van der Waals surface area contributed by atoms with Gasteiger partial charge in [0, 0.05) is 12.4 Å². The Kier molecular flexibility index (Phi) is 3.44. The minimum Gasteiger partial charge on any atom is -0.391 e. The molecule has 0 bridgehead atoms. The van der Waals surface area contributed by atoms with Crippen LogP contribution in [0.5, 0.6) is 0 Å². The van der Waals surface area contributed by atoms with Crippen molar-refractivity contribution in [1.29, 1.82) is 0 Å². The van der Waals surface area contributed by atoms with Gasteiger partial charge in [0.1, 0.15) is 0 Å². The predicted molar refractivity (Wildman–Crippen MR) is 61.1 cm³/mol. The lowest BCUT2D eigenvalue weighted by molar-refractivity contribution is 0.116. The van der Waals surface area contributed by atoms with E-state index >= 15 is 0 Å². The molecule has 82 valence electrons. The molecule has 1 aromatic rings. The highest BCUT2D eigenvalue weighted by atomic mass is 35.5. The van der Waals surface area contributed by atoms with Crippen LogP contribution in [0, 0.1) is 0 Å². The number of anilines is 1. The summed E-state index contributed by atoms with van der Waals surface area (Å²) in [6, 6.07) is 1.96. The van der Waals surface area contributed by atoms with Crippen molar-refractivity contribution < 1.29 is 5.11 Å². The van der Waals surface area contributed by atoms with E-state index in [2.05, 4.69) is 10.3 Å². The fourth-order valence-corrected chi connectivity index (χ4v) is 2.15. The van der Waals surface area contributed by atoms with Crippen molar-refractivity contribution >= 4 is 17.3 Å². The zero-order valence-corrected chi connectivity index (χ0v) is 9.24. The van der Waals surface area contributed by atoms with Crippen molar-refractivity contribution in [2.45, 2.75) is 37.8 Å². The molecule has 1 heterocycles. The number of nitrogens with one attached hydrogen (secondary N) is 1. The van der Waals surface area contributed by atoms with Crippen molar-refractivity contribution in [2.75, 3.05) is 5.32 Å². The molecule has 1 aliphatic carbocycles. The number of hydrogen-bond donors (Lipinski definition) is 2. The highest BCUT2D eigenvalue weighted by molar-refractivity contribution is 6.33. The molecule has 2 N–H and O–H groups in total. The van der Waals surface area contributed by atoms with E-state index in [9.17, 15) is 5.11 Å². The molecule has 0 saturated heterocycles. The van der Waals surface area contributed by atoms with E-state index in [4.69, 9.17) is 11.6 Å². The fourth-order valence-electron chi connectivity index (χ4n) is 1.97. The summed E-state index contributed by atoms with van der Waals surface area (Å²) in [7, 11) is 0. The number of aliphatic hydroxyl groups excluding tert-OH is 1. The van der Waals surface area contributed by atoms with Gasteiger partial charge in [-0.05, 0) is 18.9 Å². The summed E-state index contributed by atoms with van der Waals surface area (Å²) in [6.07, 6.45) is 7.20. The fraction of sp³-hybridized carbons (Fsp3) is 0.545. The maximum Gasteiger partial charge on any atom is 0.0820 e. The number of pyridine rings is 1. The average molecular weight is 227 g/mol. The molecule has 0 amide bonds. The third-order valence-electron chi connectivity index (χ3n) is 2.84. The number of hydrogen-bond acceptors (Lipinski definition) is 3. The highest BCUT2D eigenvalue weighted by Gasteiger charge is 2.23. The highest BCUT2D eigenvalue weighted by Crippen LogP contribution is 2.25. The van der Waals surface area contributed by atoms with Crippen LogP contribution in [0.2, 0.25) is 5.02 Å². The average Bonchev–Trinajstić information content (AvgIpc) is 2.24. The summed E-state index contributed by atoms with van der Waals surface area (Å²) < 4.78 is 0. The molecule has 1 aromatic heterocycles. The quantitative estimate of drug-likeness (QED) is 0.814. The van der Waals surface area contributed by atoms with E-state index in [0.717, 1.165) is 31.4 Å². The molecular formula is C11H15ClN2O. The first-order valence-corrected chi connectivity index (χ1v) is 5.69. The van der Waals surface area contributed by atoms with Gasteiger partial charge in [0.15, 0.2) is 0 Å². The first-order valence-electron chi connectivity index (χ1n) is 5.31. The summed E-state index contributed by atoms with van der Waals surface area (Å²) in [5.41, 5.74) is 0.859. The van der Waals surface area contributed by atoms with Crippen molar-refractivity contribution in [3.05, 3.63) is 23.5 Å². The van der Waals surface area contributed by atoms with Gasteiger partial charge in [0.05, 0.1) is 22.9 Å². The molecule has 15 heavy (non-hydrogen) atoms. The number of aliphatic hydroxyl groups is 1. The van der Waals surface area contributed by atoms with Crippen LogP contribution in [0.25, 0.3) is 0 Å². The van der Waals surface area contributed by atoms with Crippen LogP contribution < -0.4 is 5.32 Å². The van der Waals surface area contributed by atoms with Gasteiger partial charge in [-0.1, -0.05) is 24.4 Å². The Bertz CT molecular complexity index is 332. The second-order valence-electron chi connectivity index (χ2n) is 3.96. The molecule has 1 saturated carbocycles. The van der Waals surface area contributed by atoms with Gasteiger partial charge in [0.25, 0.3) is 0 Å². The second kappa shape index (κ2) is 4.81. The Morgan fingerprint density at radius 2 is 2.20 bits per heavy atom. The Balaban J connectivity index is 2.04. The Labute approximate surface area is 94.5 Å². The minimum atomic E-state index is -0.261. The molecule has 1 aliphatic rings. The van der Waals surface area contributed by atoms with Crippen LogP contribution in [0.1, 0.15) is 25.7 Å². The topological polar surface area (TPSA) is 45.1 Å². The van der Waals surface area contributed by atoms with Crippen molar-refractivity contribution in [3.8, 4) is 0 Å². The zero-order chi connectivity index (χ0) is 10.7. The van der Waals surface area contributed by atoms with Gasteiger partial charge in [-0.15, -0.1) is 0 Å². The predicted octanol–water partition coefficient (Wildman–Crippen LogP) is 2.45. The van der Waals surface area contributed by atoms with Crippen LogP contribution >= 0.6 is 11.6 Å². The second-order valence-corrected chi connectivity index (χ2v) is 4.37. The lowest BCUT2D eigenvalue weighted by Gasteiger charge is -2.29. The van der Waals surface area contributed by atoms with Gasteiger partial charge < -0.3 is 10.4 Å². The summed E-state index contributed by atoms with van der Waals surface area (Å²) in [5, 5.41) is 13.7. The lowest BCUT2D eigenvalue weighted by atomic mass is 9.92. The molecule has 0 spiro atoms. The molecule has 1 fully saturated rings. The Morgan fingerprint density at radius 1 is 1.40 bits per heavy atom. The van der Waals surface area contributed by atoms with Gasteiger partial charge >= 0.3 is 0 Å². The lowest BCUT2D eigenvalue weighted by Crippen LogP contribution is -2.36. The summed E-state index contributed by atoms with van der Waals surface area (Å²) in [5.74, 6) is 0. The first kappa shape index (κ1) is 10.7. The minimum absolute atomic E-state index is 0.124. The third kappa shape index (κ3) is 2.61. The van der Waals surface area contributed by atoms with E-state index in [0.29, 0.717) is 5.02 Å². The maximum atomic E-state index is 9.80. The molecular weight excluding hydrogens is 212 g/mol. The number of halogens is 1. The first-order chi connectivity index (χ1) is 7.27. The molecule has 2 rings (SSSR count). The Hall–Kier alpha value is -0.800. The molecule has 2 unspecified atom stereocenters. The monoisotopic (exact) mass is 226 g/mol. The van der Waals surface area contributed by atoms with Crippen LogP contribution in [-0.2, 0) is 0 Å². The number of nitrogens with zero attached hydrogens (tertiary/aromatic N) is 1. The van der Waals surface area contributed by atoms with Crippen LogP contribution in [0.15, 0.2) is 18.5 Å². The molecule has 0 radical (unpaired) electrons. The van der Waals surface area contributed by atoms with E-state index in [1.54, 1.807) is 12.4 Å². The largest absolute Gasteiger partial charge is 0.391 e. The maximum absolute atomic E-state index is 9.80. The summed E-state index contributed by atoms with van der Waals surface area (Å²) in [4.78, 5) is 3.92. The van der Waals surface area contributed by atoms with Gasteiger partial charge in [-0.3, -0.25) is 4.98 Å². The zero-order valence-electron chi connectivity index (χ0n) is 8.49. The van der Waals surface area contributed by atoms with E-state index < -0.39 is 0 Å². The van der Waals surface area contributed by atoms with Crippen LogP contribution in [-0.4, -0.2) is 22.2 Å². The number of aromatic nitrogens is 1. The Morgan fingerprint density at radius 3 is 2.93 bits per heavy atom. The summed E-state index contributed by atoms with van der Waals surface area (Å²) >= 11 is 5.98. The van der Waals surface area contributed by atoms with Gasteiger partial charge in [-0.25, -0.2) is 0 Å².